The number of para-hydroxylation sites is 1. The lowest BCUT2D eigenvalue weighted by Crippen LogP contribution is -2.19. The third-order valence-corrected chi connectivity index (χ3v) is 6.45. The van der Waals surface area contributed by atoms with E-state index < -0.39 is 0 Å². The zero-order valence-corrected chi connectivity index (χ0v) is 19.1. The minimum absolute atomic E-state index is 0.0933. The topological polar surface area (TPSA) is 78.3 Å². The predicted molar refractivity (Wildman–Crippen MR) is 124 cm³/mol. The molecule has 1 N–H and O–H groups in total. The number of rotatable bonds is 7. The molecule has 7 nitrogen and oxygen atoms in total. The number of aryl methyl sites for hydroxylation is 1. The number of imidazole rings is 1. The molecular weight excluding hydrogens is 428 g/mol. The van der Waals surface area contributed by atoms with Crippen LogP contribution in [0.1, 0.15) is 49.9 Å². The van der Waals surface area contributed by atoms with E-state index in [9.17, 15) is 4.79 Å². The second kappa shape index (κ2) is 8.71. The summed E-state index contributed by atoms with van der Waals surface area (Å²) in [5.74, 6) is 1.83. The molecule has 1 aliphatic heterocycles. The van der Waals surface area contributed by atoms with Crippen LogP contribution in [0.5, 0.6) is 5.75 Å². The van der Waals surface area contributed by atoms with Gasteiger partial charge in [0.15, 0.2) is 11.4 Å². The average molecular weight is 455 g/mol. The van der Waals surface area contributed by atoms with E-state index in [1.807, 2.05) is 25.1 Å². The number of nitrogens with zero attached hydrogens (tertiary/aromatic N) is 3. The van der Waals surface area contributed by atoms with Gasteiger partial charge >= 0.3 is 0 Å². The van der Waals surface area contributed by atoms with Gasteiger partial charge in [-0.2, -0.15) is 0 Å². The van der Waals surface area contributed by atoms with Gasteiger partial charge in [-0.05, 0) is 57.2 Å². The molecule has 32 heavy (non-hydrogen) atoms. The molecule has 1 atom stereocenters. The van der Waals surface area contributed by atoms with Crippen molar-refractivity contribution in [1.29, 1.82) is 0 Å². The van der Waals surface area contributed by atoms with Gasteiger partial charge in [0.1, 0.15) is 23.4 Å². The highest BCUT2D eigenvalue weighted by Crippen LogP contribution is 2.38. The lowest BCUT2D eigenvalue weighted by molar-refractivity contribution is -0.119. The van der Waals surface area contributed by atoms with E-state index >= 15 is 0 Å². The molecule has 5 rings (SSSR count). The summed E-state index contributed by atoms with van der Waals surface area (Å²) < 4.78 is 13.6. The Morgan fingerprint density at radius 3 is 2.81 bits per heavy atom. The van der Waals surface area contributed by atoms with Crippen molar-refractivity contribution in [3.63, 3.8) is 0 Å². The zero-order valence-electron chi connectivity index (χ0n) is 18.4. The molecule has 0 bridgehead atoms. The predicted octanol–water partition coefficient (Wildman–Crippen LogP) is 5.37. The normalized spacial score (nSPS) is 18.7. The summed E-state index contributed by atoms with van der Waals surface area (Å²) >= 11 is 6.33. The van der Waals surface area contributed by atoms with Crippen LogP contribution in [-0.4, -0.2) is 34.0 Å². The van der Waals surface area contributed by atoms with Crippen molar-refractivity contribution >= 4 is 39.9 Å². The number of benzene rings is 1. The Hall–Kier alpha value is -2.64. The van der Waals surface area contributed by atoms with E-state index in [2.05, 4.69) is 9.88 Å². The fraction of sp³-hybridized carbons (Fsp3) is 0.458. The van der Waals surface area contributed by atoms with Crippen LogP contribution in [0, 0.1) is 12.8 Å². The van der Waals surface area contributed by atoms with Gasteiger partial charge < -0.3 is 14.8 Å². The van der Waals surface area contributed by atoms with Crippen molar-refractivity contribution in [1.82, 2.24) is 14.5 Å². The molecule has 0 radical (unpaired) electrons. The highest BCUT2D eigenvalue weighted by molar-refractivity contribution is 6.32. The van der Waals surface area contributed by atoms with E-state index in [1.165, 1.54) is 0 Å². The molecular formula is C24H27ClN4O3. The highest BCUT2D eigenvalue weighted by Gasteiger charge is 2.30. The number of halogens is 1. The van der Waals surface area contributed by atoms with Gasteiger partial charge in [0.05, 0.1) is 29.2 Å². The van der Waals surface area contributed by atoms with Crippen LogP contribution in [0.3, 0.4) is 0 Å². The minimum Gasteiger partial charge on any atom is -0.493 e. The van der Waals surface area contributed by atoms with E-state index in [4.69, 9.17) is 31.0 Å². The van der Waals surface area contributed by atoms with E-state index in [0.717, 1.165) is 72.8 Å². The third-order valence-electron chi connectivity index (χ3n) is 6.15. The standard InChI is InChI=1S/C24H27ClN4O3/c1-14-26-22-19(28-18-7-5-6-17(25)23(18)31-2)12-16(13-20(30)15-9-10-15)27-24(22)29(14)21-8-3-4-11-32-21/h5-7,12,15,21H,3-4,8-11,13H2,1-2H3,(H,27,28). The SMILES string of the molecule is COc1c(Cl)cccc1Nc1cc(CC(=O)C2CC2)nc2c1nc(C)n2C1CCCCO1. The maximum Gasteiger partial charge on any atom is 0.164 e. The maximum absolute atomic E-state index is 12.6. The number of carbonyl (C=O) groups is 1. The Balaban J connectivity index is 1.61. The number of hydrogen-bond donors (Lipinski definition) is 1. The molecule has 1 aliphatic carbocycles. The number of ketones is 1. The van der Waals surface area contributed by atoms with Crippen LogP contribution in [0.2, 0.25) is 5.02 Å². The number of methoxy groups -OCH3 is 1. The summed E-state index contributed by atoms with van der Waals surface area (Å²) in [6, 6.07) is 7.47. The smallest absolute Gasteiger partial charge is 0.164 e. The van der Waals surface area contributed by atoms with Crippen LogP contribution < -0.4 is 10.1 Å². The van der Waals surface area contributed by atoms with Gasteiger partial charge in [-0.15, -0.1) is 0 Å². The average Bonchev–Trinajstić information content (AvgIpc) is 3.58. The van der Waals surface area contributed by atoms with Crippen molar-refractivity contribution in [2.45, 2.75) is 51.7 Å². The number of nitrogens with one attached hydrogen (secondary N) is 1. The number of hydrogen-bond acceptors (Lipinski definition) is 6. The second-order valence-corrected chi connectivity index (χ2v) is 8.95. The molecule has 2 fully saturated rings. The van der Waals surface area contributed by atoms with Crippen LogP contribution in [-0.2, 0) is 16.0 Å². The first-order valence-corrected chi connectivity index (χ1v) is 11.5. The van der Waals surface area contributed by atoms with Crippen LogP contribution in [0.25, 0.3) is 11.2 Å². The summed E-state index contributed by atoms with van der Waals surface area (Å²) in [7, 11) is 1.59. The fourth-order valence-electron chi connectivity index (χ4n) is 4.37. The Bertz CT molecular complexity index is 1170. The quantitative estimate of drug-likeness (QED) is 0.517. The fourth-order valence-corrected chi connectivity index (χ4v) is 4.62. The number of carbonyl (C=O) groups excluding carboxylic acids is 1. The van der Waals surface area contributed by atoms with Crippen molar-refractivity contribution < 1.29 is 14.3 Å². The number of aromatic nitrogens is 3. The molecule has 1 unspecified atom stereocenters. The Morgan fingerprint density at radius 2 is 2.09 bits per heavy atom. The molecule has 1 saturated carbocycles. The van der Waals surface area contributed by atoms with Gasteiger partial charge in [0.2, 0.25) is 0 Å². The van der Waals surface area contributed by atoms with Gasteiger partial charge in [0, 0.05) is 18.9 Å². The summed E-state index contributed by atoms with van der Waals surface area (Å²) in [4.78, 5) is 22.3. The van der Waals surface area contributed by atoms with Gasteiger partial charge in [0.25, 0.3) is 0 Å². The van der Waals surface area contributed by atoms with Crippen molar-refractivity contribution in [3.05, 3.63) is 40.8 Å². The highest BCUT2D eigenvalue weighted by atomic mass is 35.5. The maximum atomic E-state index is 12.6. The summed E-state index contributed by atoms with van der Waals surface area (Å²) in [6.07, 6.45) is 5.29. The molecule has 3 heterocycles. The molecule has 2 aromatic heterocycles. The molecule has 8 heteroatoms. The van der Waals surface area contributed by atoms with Gasteiger partial charge in [-0.1, -0.05) is 17.7 Å². The first-order valence-electron chi connectivity index (χ1n) is 11.2. The van der Waals surface area contributed by atoms with Crippen LogP contribution >= 0.6 is 11.6 Å². The number of ether oxygens (including phenoxy) is 2. The van der Waals surface area contributed by atoms with Crippen molar-refractivity contribution in [3.8, 4) is 5.75 Å². The van der Waals surface area contributed by atoms with Gasteiger partial charge in [-0.25, -0.2) is 9.97 Å². The first-order chi connectivity index (χ1) is 15.5. The molecule has 1 saturated heterocycles. The molecule has 168 valence electrons. The molecule has 1 aromatic carbocycles. The Kier molecular flexibility index (Phi) is 5.78. The van der Waals surface area contributed by atoms with Crippen LogP contribution in [0.4, 0.5) is 11.4 Å². The molecule has 2 aliphatic rings. The van der Waals surface area contributed by atoms with E-state index in [-0.39, 0.29) is 17.9 Å². The number of Topliss-reactive ketones (excluding diaryl/α,β-unsaturated/α-hetero) is 1. The van der Waals surface area contributed by atoms with E-state index in [1.54, 1.807) is 13.2 Å². The lowest BCUT2D eigenvalue weighted by Gasteiger charge is -2.25. The van der Waals surface area contributed by atoms with Crippen molar-refractivity contribution in [2.75, 3.05) is 19.0 Å². The number of fused-ring (bicyclic) bond motifs is 1. The Labute approximate surface area is 192 Å². The summed E-state index contributed by atoms with van der Waals surface area (Å²) in [5, 5.41) is 3.95. The molecule has 3 aromatic rings. The molecule has 0 amide bonds. The largest absolute Gasteiger partial charge is 0.493 e. The van der Waals surface area contributed by atoms with Crippen LogP contribution in [0.15, 0.2) is 24.3 Å². The lowest BCUT2D eigenvalue weighted by atomic mass is 10.1. The Morgan fingerprint density at radius 1 is 1.25 bits per heavy atom. The van der Waals surface area contributed by atoms with Crippen molar-refractivity contribution in [2.24, 2.45) is 5.92 Å². The number of pyridine rings is 1. The molecule has 0 spiro atoms. The zero-order chi connectivity index (χ0) is 22.2. The summed E-state index contributed by atoms with van der Waals surface area (Å²) in [5.41, 5.74) is 3.70. The monoisotopic (exact) mass is 454 g/mol. The first kappa shape index (κ1) is 21.2. The summed E-state index contributed by atoms with van der Waals surface area (Å²) in [6.45, 7) is 2.70. The minimum atomic E-state index is -0.0933. The van der Waals surface area contributed by atoms with Gasteiger partial charge in [-0.3, -0.25) is 9.36 Å². The van der Waals surface area contributed by atoms with E-state index in [0.29, 0.717) is 17.2 Å². The second-order valence-electron chi connectivity index (χ2n) is 8.55. The third kappa shape index (κ3) is 4.07. The number of anilines is 2.